The van der Waals surface area contributed by atoms with Gasteiger partial charge in [-0.15, -0.1) is 0 Å². The molecule has 104 valence electrons. The molecule has 2 aromatic carbocycles. The predicted octanol–water partition coefficient (Wildman–Crippen LogP) is 3.33. The van der Waals surface area contributed by atoms with E-state index in [4.69, 9.17) is 0 Å². The topological polar surface area (TPSA) is 77.3 Å². The SMILES string of the molecule is O=[N+]([O-])c1cccc(Br)c1CS(=O)(=O)c1ccccc1. The summed E-state index contributed by atoms with van der Waals surface area (Å²) in [6.07, 6.45) is 0. The van der Waals surface area contributed by atoms with E-state index in [1.807, 2.05) is 0 Å². The van der Waals surface area contributed by atoms with Crippen molar-refractivity contribution < 1.29 is 13.3 Å². The van der Waals surface area contributed by atoms with Gasteiger partial charge in [0.1, 0.15) is 0 Å². The first-order valence-electron chi connectivity index (χ1n) is 5.61. The third-order valence-corrected chi connectivity index (χ3v) is 5.13. The normalized spacial score (nSPS) is 11.2. The second-order valence-electron chi connectivity index (χ2n) is 4.07. The Balaban J connectivity index is 2.48. The summed E-state index contributed by atoms with van der Waals surface area (Å²) in [6, 6.07) is 12.3. The van der Waals surface area contributed by atoms with E-state index in [0.717, 1.165) is 0 Å². The van der Waals surface area contributed by atoms with Crippen LogP contribution in [0, 0.1) is 10.1 Å². The van der Waals surface area contributed by atoms with Crippen LogP contribution in [-0.2, 0) is 15.6 Å². The fraction of sp³-hybridized carbons (Fsp3) is 0.0769. The summed E-state index contributed by atoms with van der Waals surface area (Å²) in [5.74, 6) is -0.422. The second-order valence-corrected chi connectivity index (χ2v) is 6.91. The van der Waals surface area contributed by atoms with Gasteiger partial charge in [-0.05, 0) is 18.2 Å². The molecule has 0 fully saturated rings. The lowest BCUT2D eigenvalue weighted by atomic mass is 10.2. The maximum atomic E-state index is 12.3. The number of nitro benzene ring substituents is 1. The van der Waals surface area contributed by atoms with Crippen molar-refractivity contribution in [2.45, 2.75) is 10.6 Å². The maximum Gasteiger partial charge on any atom is 0.274 e. The van der Waals surface area contributed by atoms with Gasteiger partial charge in [-0.2, -0.15) is 0 Å². The highest BCUT2D eigenvalue weighted by molar-refractivity contribution is 9.10. The van der Waals surface area contributed by atoms with Crippen LogP contribution in [0.1, 0.15) is 5.56 Å². The van der Waals surface area contributed by atoms with Crippen molar-refractivity contribution in [1.29, 1.82) is 0 Å². The summed E-state index contributed by atoms with van der Waals surface area (Å²) in [5.41, 5.74) is -0.0553. The van der Waals surface area contributed by atoms with E-state index in [9.17, 15) is 18.5 Å². The summed E-state index contributed by atoms with van der Waals surface area (Å²) < 4.78 is 25.0. The molecule has 0 atom stereocenters. The smallest absolute Gasteiger partial charge is 0.258 e. The molecular weight excluding hydrogens is 346 g/mol. The molecule has 0 N–H and O–H groups in total. The van der Waals surface area contributed by atoms with Gasteiger partial charge in [0, 0.05) is 10.5 Å². The van der Waals surface area contributed by atoms with Crippen LogP contribution in [-0.4, -0.2) is 13.3 Å². The molecule has 5 nitrogen and oxygen atoms in total. The molecule has 0 aromatic heterocycles. The monoisotopic (exact) mass is 355 g/mol. The Hall–Kier alpha value is -1.73. The third kappa shape index (κ3) is 3.05. The highest BCUT2D eigenvalue weighted by Crippen LogP contribution is 2.30. The summed E-state index contributed by atoms with van der Waals surface area (Å²) in [5, 5.41) is 11.0. The van der Waals surface area contributed by atoms with Gasteiger partial charge in [0.05, 0.1) is 21.1 Å². The van der Waals surface area contributed by atoms with E-state index in [-0.39, 0.29) is 16.1 Å². The third-order valence-electron chi connectivity index (χ3n) is 2.73. The number of nitro groups is 1. The fourth-order valence-electron chi connectivity index (χ4n) is 1.76. The molecule has 0 amide bonds. The zero-order chi connectivity index (χ0) is 14.8. The molecule has 0 saturated heterocycles. The van der Waals surface area contributed by atoms with Crippen molar-refractivity contribution in [2.75, 3.05) is 0 Å². The number of hydrogen-bond donors (Lipinski definition) is 0. The average Bonchev–Trinajstić information content (AvgIpc) is 2.41. The quantitative estimate of drug-likeness (QED) is 0.622. The minimum absolute atomic E-state index is 0.144. The fourth-order valence-corrected chi connectivity index (χ4v) is 3.87. The van der Waals surface area contributed by atoms with Gasteiger partial charge in [-0.1, -0.05) is 40.2 Å². The Kier molecular flexibility index (Phi) is 4.20. The van der Waals surface area contributed by atoms with E-state index in [1.54, 1.807) is 24.3 Å². The largest absolute Gasteiger partial charge is 0.274 e. The average molecular weight is 356 g/mol. The van der Waals surface area contributed by atoms with Gasteiger partial charge in [0.25, 0.3) is 5.69 Å². The van der Waals surface area contributed by atoms with Crippen molar-refractivity contribution >= 4 is 31.5 Å². The number of halogens is 1. The Bertz CT molecular complexity index is 744. The number of sulfone groups is 1. The van der Waals surface area contributed by atoms with E-state index in [2.05, 4.69) is 15.9 Å². The molecule has 20 heavy (non-hydrogen) atoms. The number of rotatable bonds is 4. The molecule has 0 bridgehead atoms. The first kappa shape index (κ1) is 14.7. The van der Waals surface area contributed by atoms with Crippen LogP contribution in [0.15, 0.2) is 57.9 Å². The van der Waals surface area contributed by atoms with Gasteiger partial charge in [-0.3, -0.25) is 10.1 Å². The molecule has 0 unspecified atom stereocenters. The molecule has 2 rings (SSSR count). The van der Waals surface area contributed by atoms with Gasteiger partial charge in [0.2, 0.25) is 0 Å². The van der Waals surface area contributed by atoms with Crippen molar-refractivity contribution in [3.63, 3.8) is 0 Å². The molecule has 0 spiro atoms. The van der Waals surface area contributed by atoms with Gasteiger partial charge < -0.3 is 0 Å². The van der Waals surface area contributed by atoms with E-state index >= 15 is 0 Å². The van der Waals surface area contributed by atoms with Crippen LogP contribution >= 0.6 is 15.9 Å². The summed E-state index contributed by atoms with van der Waals surface area (Å²) in [4.78, 5) is 10.5. The van der Waals surface area contributed by atoms with Gasteiger partial charge >= 0.3 is 0 Å². The molecule has 0 heterocycles. The molecular formula is C13H10BrNO4S. The lowest BCUT2D eigenvalue weighted by Crippen LogP contribution is -2.07. The minimum Gasteiger partial charge on any atom is -0.258 e. The number of nitrogens with zero attached hydrogens (tertiary/aromatic N) is 1. The molecule has 7 heteroatoms. The first-order chi connectivity index (χ1) is 9.42. The van der Waals surface area contributed by atoms with Crippen LogP contribution in [0.4, 0.5) is 5.69 Å². The second kappa shape index (κ2) is 5.72. The van der Waals surface area contributed by atoms with Crippen LogP contribution < -0.4 is 0 Å². The standard InChI is InChI=1S/C13H10BrNO4S/c14-12-7-4-8-13(15(16)17)11(12)9-20(18,19)10-5-2-1-3-6-10/h1-8H,9H2. The molecule has 0 radical (unpaired) electrons. The predicted molar refractivity (Wildman–Crippen MR) is 78.1 cm³/mol. The number of benzene rings is 2. The zero-order valence-electron chi connectivity index (χ0n) is 10.2. The zero-order valence-corrected chi connectivity index (χ0v) is 12.6. The molecule has 0 aliphatic heterocycles. The van der Waals surface area contributed by atoms with Crippen LogP contribution in [0.25, 0.3) is 0 Å². The van der Waals surface area contributed by atoms with E-state index in [0.29, 0.717) is 4.47 Å². The van der Waals surface area contributed by atoms with Crippen molar-refractivity contribution in [3.05, 3.63) is 68.7 Å². The van der Waals surface area contributed by atoms with Crippen molar-refractivity contribution in [3.8, 4) is 0 Å². The molecule has 0 aliphatic rings. The Labute approximate surface area is 124 Å². The number of hydrogen-bond acceptors (Lipinski definition) is 4. The van der Waals surface area contributed by atoms with E-state index < -0.39 is 20.5 Å². The highest BCUT2D eigenvalue weighted by Gasteiger charge is 2.23. The lowest BCUT2D eigenvalue weighted by Gasteiger charge is -2.07. The van der Waals surface area contributed by atoms with Gasteiger partial charge in [-0.25, -0.2) is 8.42 Å². The summed E-state index contributed by atoms with van der Waals surface area (Å²) >= 11 is 3.17. The Morgan fingerprint density at radius 3 is 2.30 bits per heavy atom. The van der Waals surface area contributed by atoms with Gasteiger partial charge in [0.15, 0.2) is 9.84 Å². The van der Waals surface area contributed by atoms with Crippen LogP contribution in [0.2, 0.25) is 0 Å². The first-order valence-corrected chi connectivity index (χ1v) is 8.06. The van der Waals surface area contributed by atoms with Crippen LogP contribution in [0.5, 0.6) is 0 Å². The van der Waals surface area contributed by atoms with Crippen molar-refractivity contribution in [2.24, 2.45) is 0 Å². The van der Waals surface area contributed by atoms with Crippen LogP contribution in [0.3, 0.4) is 0 Å². The highest BCUT2D eigenvalue weighted by atomic mass is 79.9. The van der Waals surface area contributed by atoms with E-state index in [1.165, 1.54) is 24.3 Å². The maximum absolute atomic E-state index is 12.3. The Morgan fingerprint density at radius 2 is 1.70 bits per heavy atom. The molecule has 0 aliphatic carbocycles. The Morgan fingerprint density at radius 1 is 1.05 bits per heavy atom. The molecule has 2 aromatic rings. The minimum atomic E-state index is -3.63. The summed E-state index contributed by atoms with van der Waals surface area (Å²) in [7, 11) is -3.63. The molecule has 0 saturated carbocycles. The summed E-state index contributed by atoms with van der Waals surface area (Å²) in [6.45, 7) is 0. The lowest BCUT2D eigenvalue weighted by molar-refractivity contribution is -0.385. The van der Waals surface area contributed by atoms with Crippen molar-refractivity contribution in [1.82, 2.24) is 0 Å².